The van der Waals surface area contributed by atoms with E-state index < -0.39 is 67.3 Å². The molecule has 1 aliphatic rings. The minimum absolute atomic E-state index is 0.0519. The van der Waals surface area contributed by atoms with Gasteiger partial charge >= 0.3 is 23.9 Å². The number of hydrogen-bond donors (Lipinski definition) is 3. The first-order chi connectivity index (χ1) is 37.6. The molecule has 448 valence electrons. The van der Waals surface area contributed by atoms with E-state index in [1.807, 2.05) is 0 Å². The lowest BCUT2D eigenvalue weighted by Gasteiger charge is -2.40. The molecular formula is C65H116O12. The summed E-state index contributed by atoms with van der Waals surface area (Å²) in [5, 5.41) is 31.5. The van der Waals surface area contributed by atoms with Crippen LogP contribution >= 0.6 is 0 Å². The maximum Gasteiger partial charge on any atom is 0.335 e. The predicted molar refractivity (Wildman–Crippen MR) is 313 cm³/mol. The van der Waals surface area contributed by atoms with Gasteiger partial charge < -0.3 is 39.0 Å². The standard InChI is InChI=1S/C65H116O12/c1-4-7-10-13-16-19-22-25-28-29-32-33-36-39-42-45-48-51-57(66)73-54-56(75-58(67)52-49-46-43-40-37-34-30-26-23-20-17-14-11-8-5-2)55-74-65-63(61(70)60(69)62(77-65)64(71)72)76-59(68)53-50-47-44-41-38-35-31-27-24-21-18-15-12-9-6-3/h17,20,26-27,30-31,56,60-63,65,69-70H,4-16,18-19,21-25,28-29,32-55H2,1-3H3,(H,71,72)/b20-17-,30-26-,31-27-. The molecule has 0 aromatic rings. The van der Waals surface area contributed by atoms with Gasteiger partial charge in [0, 0.05) is 19.3 Å². The molecule has 1 fully saturated rings. The Morgan fingerprint density at radius 3 is 1.21 bits per heavy atom. The number of ether oxygens (including phenoxy) is 5. The van der Waals surface area contributed by atoms with E-state index in [4.69, 9.17) is 23.7 Å². The number of carboxylic acid groups (broad SMARTS) is 1. The molecule has 1 rings (SSSR count). The minimum Gasteiger partial charge on any atom is -0.479 e. The normalized spacial score (nSPS) is 18.2. The van der Waals surface area contributed by atoms with E-state index in [-0.39, 0.29) is 25.9 Å². The van der Waals surface area contributed by atoms with Crippen LogP contribution < -0.4 is 0 Å². The number of carbonyl (C=O) groups is 4. The van der Waals surface area contributed by atoms with E-state index >= 15 is 0 Å². The smallest absolute Gasteiger partial charge is 0.335 e. The van der Waals surface area contributed by atoms with E-state index in [1.54, 1.807) is 0 Å². The van der Waals surface area contributed by atoms with Crippen LogP contribution in [0.15, 0.2) is 36.5 Å². The zero-order valence-electron chi connectivity index (χ0n) is 49.5. The van der Waals surface area contributed by atoms with Crippen molar-refractivity contribution in [1.29, 1.82) is 0 Å². The lowest BCUT2D eigenvalue weighted by molar-refractivity contribution is -0.301. The Morgan fingerprint density at radius 1 is 0.429 bits per heavy atom. The molecule has 3 N–H and O–H groups in total. The summed E-state index contributed by atoms with van der Waals surface area (Å²) in [5.41, 5.74) is 0. The Bertz CT molecular complexity index is 1480. The van der Waals surface area contributed by atoms with Gasteiger partial charge in [0.15, 0.2) is 24.6 Å². The summed E-state index contributed by atoms with van der Waals surface area (Å²) in [5.74, 6) is -3.12. The summed E-state index contributed by atoms with van der Waals surface area (Å²) in [4.78, 5) is 51.2. The molecule has 0 aromatic carbocycles. The third kappa shape index (κ3) is 43.4. The quantitative estimate of drug-likeness (QED) is 0.0228. The van der Waals surface area contributed by atoms with Crippen molar-refractivity contribution in [2.45, 2.75) is 340 Å². The van der Waals surface area contributed by atoms with E-state index in [0.29, 0.717) is 19.3 Å². The summed E-state index contributed by atoms with van der Waals surface area (Å²) in [6.45, 7) is 5.99. The fourth-order valence-corrected chi connectivity index (χ4v) is 9.75. The van der Waals surface area contributed by atoms with Crippen LogP contribution in [0.4, 0.5) is 0 Å². The van der Waals surface area contributed by atoms with Crippen molar-refractivity contribution in [3.8, 4) is 0 Å². The molecule has 12 nitrogen and oxygen atoms in total. The summed E-state index contributed by atoms with van der Waals surface area (Å²) in [6, 6.07) is 0. The first-order valence-electron chi connectivity index (χ1n) is 32.0. The van der Waals surface area contributed by atoms with Crippen LogP contribution in [0.1, 0.15) is 303 Å². The number of rotatable bonds is 55. The number of unbranched alkanes of at least 4 members (excludes halogenated alkanes) is 35. The van der Waals surface area contributed by atoms with Gasteiger partial charge in [0.2, 0.25) is 0 Å². The maximum absolute atomic E-state index is 13.2. The lowest BCUT2D eigenvalue weighted by atomic mass is 9.98. The van der Waals surface area contributed by atoms with Crippen molar-refractivity contribution in [2.24, 2.45) is 0 Å². The summed E-state index contributed by atoms with van der Waals surface area (Å²) >= 11 is 0. The lowest BCUT2D eigenvalue weighted by Crippen LogP contribution is -2.61. The highest BCUT2D eigenvalue weighted by molar-refractivity contribution is 5.74. The zero-order chi connectivity index (χ0) is 56.1. The molecule has 6 unspecified atom stereocenters. The molecule has 1 aliphatic heterocycles. The maximum atomic E-state index is 13.2. The Hall–Kier alpha value is -3.06. The number of hydrogen-bond acceptors (Lipinski definition) is 11. The van der Waals surface area contributed by atoms with Gasteiger partial charge in [0.25, 0.3) is 0 Å². The second-order valence-electron chi connectivity index (χ2n) is 22.0. The van der Waals surface area contributed by atoms with Crippen molar-refractivity contribution in [1.82, 2.24) is 0 Å². The topological polar surface area (TPSA) is 175 Å². The highest BCUT2D eigenvalue weighted by atomic mass is 16.7. The molecule has 0 spiro atoms. The molecule has 0 aliphatic carbocycles. The first-order valence-corrected chi connectivity index (χ1v) is 32.0. The molecule has 0 saturated carbocycles. The molecule has 0 bridgehead atoms. The number of aliphatic hydroxyl groups is 2. The van der Waals surface area contributed by atoms with Crippen molar-refractivity contribution in [3.05, 3.63) is 36.5 Å². The van der Waals surface area contributed by atoms with Gasteiger partial charge in [-0.2, -0.15) is 0 Å². The summed E-state index contributed by atoms with van der Waals surface area (Å²) in [6.07, 6.45) is 51.0. The van der Waals surface area contributed by atoms with Crippen LogP contribution in [0.5, 0.6) is 0 Å². The number of esters is 3. The molecule has 12 heteroatoms. The zero-order valence-corrected chi connectivity index (χ0v) is 49.5. The second kappa shape index (κ2) is 53.6. The van der Waals surface area contributed by atoms with Crippen molar-refractivity contribution in [3.63, 3.8) is 0 Å². The third-order valence-electron chi connectivity index (χ3n) is 14.7. The number of aliphatic carboxylic acids is 1. The van der Waals surface area contributed by atoms with Gasteiger partial charge in [-0.15, -0.1) is 0 Å². The van der Waals surface area contributed by atoms with Gasteiger partial charge in [-0.25, -0.2) is 4.79 Å². The van der Waals surface area contributed by atoms with Gasteiger partial charge in [0.05, 0.1) is 6.61 Å². The molecular weight excluding hydrogens is 973 g/mol. The highest BCUT2D eigenvalue weighted by Gasteiger charge is 2.50. The van der Waals surface area contributed by atoms with Gasteiger partial charge in [-0.1, -0.05) is 243 Å². The van der Waals surface area contributed by atoms with Crippen molar-refractivity contribution >= 4 is 23.9 Å². The average Bonchev–Trinajstić information content (AvgIpc) is 3.43. The third-order valence-corrected chi connectivity index (χ3v) is 14.7. The van der Waals surface area contributed by atoms with Crippen molar-refractivity contribution in [2.75, 3.05) is 13.2 Å². The number of allylic oxidation sites excluding steroid dienone is 6. The molecule has 0 radical (unpaired) electrons. The molecule has 6 atom stereocenters. The Balaban J connectivity index is 2.67. The molecule has 1 saturated heterocycles. The number of aliphatic hydroxyl groups excluding tert-OH is 2. The fraction of sp³-hybridized carbons (Fsp3) is 0.846. The van der Waals surface area contributed by atoms with Crippen molar-refractivity contribution < 1.29 is 58.2 Å². The largest absolute Gasteiger partial charge is 0.479 e. The summed E-state index contributed by atoms with van der Waals surface area (Å²) in [7, 11) is 0. The van der Waals surface area contributed by atoms with E-state index in [0.717, 1.165) is 103 Å². The molecule has 0 aromatic heterocycles. The monoisotopic (exact) mass is 1090 g/mol. The van der Waals surface area contributed by atoms with Crippen LogP contribution in [0.3, 0.4) is 0 Å². The van der Waals surface area contributed by atoms with E-state index in [1.165, 1.54) is 141 Å². The Morgan fingerprint density at radius 2 is 0.779 bits per heavy atom. The van der Waals surface area contributed by atoms with Crippen LogP contribution in [0.2, 0.25) is 0 Å². The molecule has 77 heavy (non-hydrogen) atoms. The van der Waals surface area contributed by atoms with Gasteiger partial charge in [0.1, 0.15) is 18.8 Å². The van der Waals surface area contributed by atoms with Gasteiger partial charge in [-0.05, 0) is 77.0 Å². The van der Waals surface area contributed by atoms with Crippen LogP contribution in [-0.2, 0) is 42.9 Å². The Kier molecular flexibility index (Phi) is 50.1. The van der Waals surface area contributed by atoms with Crippen LogP contribution in [-0.4, -0.2) is 89.2 Å². The SMILES string of the molecule is CCCCC/C=C\C/C=C\CCCCCCCC(=O)OC(COC(=O)CCCCCCCCCCCCCCCCCCC)COC1OC(C(=O)O)C(O)C(O)C1OC(=O)CCCCCCC/C=C\CCCCCCCC. The first kappa shape index (κ1) is 72.0. The van der Waals surface area contributed by atoms with Crippen LogP contribution in [0.25, 0.3) is 0 Å². The predicted octanol–water partition coefficient (Wildman–Crippen LogP) is 16.8. The average molecular weight is 1090 g/mol. The van der Waals surface area contributed by atoms with E-state index in [9.17, 15) is 34.5 Å². The van der Waals surface area contributed by atoms with Crippen LogP contribution in [0, 0.1) is 0 Å². The minimum atomic E-state index is -1.90. The number of carboxylic acids is 1. The molecule has 1 heterocycles. The summed E-state index contributed by atoms with van der Waals surface area (Å²) < 4.78 is 28.5. The number of carbonyl (C=O) groups excluding carboxylic acids is 3. The highest BCUT2D eigenvalue weighted by Crippen LogP contribution is 2.27. The van der Waals surface area contributed by atoms with E-state index in [2.05, 4.69) is 57.2 Å². The Labute approximate surface area is 470 Å². The molecule has 0 amide bonds. The fourth-order valence-electron chi connectivity index (χ4n) is 9.75. The van der Waals surface area contributed by atoms with Gasteiger partial charge in [-0.3, -0.25) is 14.4 Å². The second-order valence-corrected chi connectivity index (χ2v) is 22.0.